The van der Waals surface area contributed by atoms with Gasteiger partial charge in [0.1, 0.15) is 5.39 Å². The van der Waals surface area contributed by atoms with Gasteiger partial charge in [-0.25, -0.2) is 9.67 Å². The van der Waals surface area contributed by atoms with Gasteiger partial charge in [0.05, 0.1) is 17.9 Å². The van der Waals surface area contributed by atoms with Gasteiger partial charge in [-0.2, -0.15) is 5.10 Å². The van der Waals surface area contributed by atoms with Crippen molar-refractivity contribution in [2.24, 2.45) is 0 Å². The predicted molar refractivity (Wildman–Crippen MR) is 96.2 cm³/mol. The Balaban J connectivity index is 1.79. The summed E-state index contributed by atoms with van der Waals surface area (Å²) in [6, 6.07) is 9.43. The number of benzene rings is 1. The van der Waals surface area contributed by atoms with Crippen molar-refractivity contribution in [2.75, 3.05) is 12.3 Å². The van der Waals surface area contributed by atoms with Crippen LogP contribution in [-0.2, 0) is 4.79 Å². The lowest BCUT2D eigenvalue weighted by Gasteiger charge is -2.13. The molecule has 1 atom stereocenters. The number of carbonyl (C=O) groups is 1. The van der Waals surface area contributed by atoms with Crippen LogP contribution in [0.25, 0.3) is 16.7 Å². The van der Waals surface area contributed by atoms with E-state index in [0.717, 1.165) is 5.69 Å². The number of para-hydroxylation sites is 1. The van der Waals surface area contributed by atoms with Crippen molar-refractivity contribution in [1.29, 1.82) is 0 Å². The SMILES string of the molecule is CCNC(=O)C[C@H]1CSc2nc3c(cnn3-c3ccccc3)c(=O)n21. The van der Waals surface area contributed by atoms with Gasteiger partial charge in [-0.15, -0.1) is 0 Å². The van der Waals surface area contributed by atoms with Crippen molar-refractivity contribution in [2.45, 2.75) is 24.5 Å². The first kappa shape index (κ1) is 15.9. The summed E-state index contributed by atoms with van der Waals surface area (Å²) in [4.78, 5) is 29.5. The van der Waals surface area contributed by atoms with E-state index in [0.29, 0.717) is 28.5 Å². The zero-order chi connectivity index (χ0) is 17.4. The molecule has 25 heavy (non-hydrogen) atoms. The smallest absolute Gasteiger partial charge is 0.265 e. The normalized spacial score (nSPS) is 16.1. The van der Waals surface area contributed by atoms with Gasteiger partial charge in [-0.3, -0.25) is 14.2 Å². The van der Waals surface area contributed by atoms with E-state index in [2.05, 4.69) is 15.4 Å². The summed E-state index contributed by atoms with van der Waals surface area (Å²) < 4.78 is 3.31. The zero-order valence-electron chi connectivity index (χ0n) is 13.7. The van der Waals surface area contributed by atoms with Gasteiger partial charge in [0.2, 0.25) is 5.91 Å². The number of hydrogen-bond donors (Lipinski definition) is 1. The van der Waals surface area contributed by atoms with Gasteiger partial charge in [0.25, 0.3) is 5.56 Å². The average Bonchev–Trinajstić information content (AvgIpc) is 3.21. The van der Waals surface area contributed by atoms with Crippen molar-refractivity contribution >= 4 is 28.7 Å². The molecule has 0 fully saturated rings. The lowest BCUT2D eigenvalue weighted by molar-refractivity contribution is -0.121. The zero-order valence-corrected chi connectivity index (χ0v) is 14.5. The molecule has 4 rings (SSSR count). The summed E-state index contributed by atoms with van der Waals surface area (Å²) in [5.74, 6) is 0.623. The third kappa shape index (κ3) is 2.72. The molecular formula is C17H17N5O2S. The average molecular weight is 355 g/mol. The highest BCUT2D eigenvalue weighted by Crippen LogP contribution is 2.33. The molecule has 7 nitrogen and oxygen atoms in total. The second-order valence-electron chi connectivity index (χ2n) is 5.82. The Bertz CT molecular complexity index is 995. The van der Waals surface area contributed by atoms with Gasteiger partial charge in [-0.05, 0) is 19.1 Å². The van der Waals surface area contributed by atoms with E-state index >= 15 is 0 Å². The maximum absolute atomic E-state index is 12.9. The molecule has 0 bridgehead atoms. The van der Waals surface area contributed by atoms with Crippen LogP contribution in [0.1, 0.15) is 19.4 Å². The minimum Gasteiger partial charge on any atom is -0.356 e. The van der Waals surface area contributed by atoms with Crippen molar-refractivity contribution in [3.63, 3.8) is 0 Å². The predicted octanol–water partition coefficient (Wildman–Crippen LogP) is 1.76. The molecule has 1 aliphatic rings. The number of rotatable bonds is 4. The molecule has 2 aromatic heterocycles. The Morgan fingerprint density at radius 2 is 2.16 bits per heavy atom. The first-order valence-corrected chi connectivity index (χ1v) is 9.12. The van der Waals surface area contributed by atoms with Crippen LogP contribution in [0.5, 0.6) is 0 Å². The Morgan fingerprint density at radius 1 is 1.36 bits per heavy atom. The fourth-order valence-electron chi connectivity index (χ4n) is 3.02. The summed E-state index contributed by atoms with van der Waals surface area (Å²) in [6.45, 7) is 2.46. The third-order valence-electron chi connectivity index (χ3n) is 4.17. The second-order valence-corrected chi connectivity index (χ2v) is 6.81. The van der Waals surface area contributed by atoms with Gasteiger partial charge in [0.15, 0.2) is 10.8 Å². The van der Waals surface area contributed by atoms with Gasteiger partial charge in [-0.1, -0.05) is 30.0 Å². The fourth-order valence-corrected chi connectivity index (χ4v) is 4.15. The summed E-state index contributed by atoms with van der Waals surface area (Å²) in [5, 5.41) is 8.23. The van der Waals surface area contributed by atoms with Crippen LogP contribution in [0.2, 0.25) is 0 Å². The lowest BCUT2D eigenvalue weighted by atomic mass is 10.2. The number of carbonyl (C=O) groups excluding carboxylic acids is 1. The van der Waals surface area contributed by atoms with Crippen LogP contribution in [0.4, 0.5) is 0 Å². The molecule has 0 spiro atoms. The molecule has 1 N–H and O–H groups in total. The number of hydrogen-bond acceptors (Lipinski definition) is 5. The minimum atomic E-state index is -0.170. The number of nitrogens with one attached hydrogen (secondary N) is 1. The Kier molecular flexibility index (Phi) is 4.04. The maximum atomic E-state index is 12.9. The maximum Gasteiger partial charge on any atom is 0.265 e. The monoisotopic (exact) mass is 355 g/mol. The van der Waals surface area contributed by atoms with Gasteiger partial charge in [0, 0.05) is 18.7 Å². The topological polar surface area (TPSA) is 81.8 Å². The summed E-state index contributed by atoms with van der Waals surface area (Å²) in [5.41, 5.74) is 1.27. The standard InChI is InChI=1S/C17H17N5O2S/c1-2-18-14(23)8-12-10-25-17-20-15-13(16(24)21(12)17)9-19-22(15)11-6-4-3-5-7-11/h3-7,9,12H,2,8,10H2,1H3,(H,18,23)/t12-/m0/s1. The molecule has 128 valence electrons. The molecule has 0 unspecified atom stereocenters. The molecule has 0 aliphatic carbocycles. The number of nitrogens with zero attached hydrogens (tertiary/aromatic N) is 4. The van der Waals surface area contributed by atoms with E-state index in [4.69, 9.17) is 0 Å². The van der Waals surface area contributed by atoms with Crippen molar-refractivity contribution in [1.82, 2.24) is 24.6 Å². The van der Waals surface area contributed by atoms with Crippen LogP contribution in [0.3, 0.4) is 0 Å². The highest BCUT2D eigenvalue weighted by molar-refractivity contribution is 7.99. The van der Waals surface area contributed by atoms with E-state index in [9.17, 15) is 9.59 Å². The molecule has 3 heterocycles. The molecule has 1 aromatic carbocycles. The molecule has 1 amide bonds. The number of fused-ring (bicyclic) bond motifs is 2. The molecule has 0 radical (unpaired) electrons. The van der Waals surface area contributed by atoms with E-state index in [1.165, 1.54) is 11.8 Å². The minimum absolute atomic E-state index is 0.0482. The van der Waals surface area contributed by atoms with Crippen LogP contribution < -0.4 is 10.9 Å². The highest BCUT2D eigenvalue weighted by Gasteiger charge is 2.29. The number of thioether (sulfide) groups is 1. The Labute approximate surface area is 148 Å². The van der Waals surface area contributed by atoms with Crippen molar-refractivity contribution in [3.05, 3.63) is 46.9 Å². The quantitative estimate of drug-likeness (QED) is 0.721. The highest BCUT2D eigenvalue weighted by atomic mass is 32.2. The summed E-state index contributed by atoms with van der Waals surface area (Å²) in [7, 11) is 0. The van der Waals surface area contributed by atoms with Crippen LogP contribution in [-0.4, -0.2) is 37.5 Å². The van der Waals surface area contributed by atoms with Crippen LogP contribution >= 0.6 is 11.8 Å². The van der Waals surface area contributed by atoms with E-state index in [1.807, 2.05) is 37.3 Å². The first-order chi connectivity index (χ1) is 12.2. The van der Waals surface area contributed by atoms with Gasteiger partial charge < -0.3 is 5.32 Å². The van der Waals surface area contributed by atoms with E-state index in [-0.39, 0.29) is 23.9 Å². The van der Waals surface area contributed by atoms with E-state index < -0.39 is 0 Å². The third-order valence-corrected chi connectivity index (χ3v) is 5.26. The van der Waals surface area contributed by atoms with Crippen LogP contribution in [0.15, 0.2) is 46.5 Å². The molecule has 1 aliphatic heterocycles. The van der Waals surface area contributed by atoms with Gasteiger partial charge >= 0.3 is 0 Å². The number of amides is 1. The summed E-state index contributed by atoms with van der Waals surface area (Å²) in [6.07, 6.45) is 1.84. The van der Waals surface area contributed by atoms with Crippen molar-refractivity contribution < 1.29 is 4.79 Å². The fraction of sp³-hybridized carbons (Fsp3) is 0.294. The van der Waals surface area contributed by atoms with E-state index in [1.54, 1.807) is 15.4 Å². The Morgan fingerprint density at radius 3 is 2.92 bits per heavy atom. The second kappa shape index (κ2) is 6.36. The lowest BCUT2D eigenvalue weighted by Crippen LogP contribution is -2.30. The molecule has 3 aromatic rings. The van der Waals surface area contributed by atoms with Crippen molar-refractivity contribution in [3.8, 4) is 5.69 Å². The molecule has 8 heteroatoms. The molecule has 0 saturated heterocycles. The Hall–Kier alpha value is -2.61. The molecule has 0 saturated carbocycles. The molecular weight excluding hydrogens is 338 g/mol. The first-order valence-electron chi connectivity index (χ1n) is 8.14. The van der Waals surface area contributed by atoms with Crippen LogP contribution in [0, 0.1) is 0 Å². The number of aromatic nitrogens is 4. The summed E-state index contributed by atoms with van der Waals surface area (Å²) >= 11 is 1.50. The largest absolute Gasteiger partial charge is 0.356 e.